The molecule has 1 fully saturated rings. The average Bonchev–Trinajstić information content (AvgIpc) is 3.01. The normalized spacial score (nSPS) is 17.0. The highest BCUT2D eigenvalue weighted by atomic mass is 32.2. The molecule has 1 aliphatic rings. The van der Waals surface area contributed by atoms with Gasteiger partial charge in [-0.15, -0.1) is 11.8 Å². The summed E-state index contributed by atoms with van der Waals surface area (Å²) in [4.78, 5) is 18.3. The van der Waals surface area contributed by atoms with Gasteiger partial charge in [0.1, 0.15) is 16.9 Å². The maximum Gasteiger partial charge on any atom is 0.234 e. The number of ether oxygens (including phenoxy) is 1. The molecule has 138 valence electrons. The van der Waals surface area contributed by atoms with Crippen molar-refractivity contribution in [3.63, 3.8) is 0 Å². The molecule has 1 atom stereocenters. The molecule has 1 aromatic carbocycles. The fourth-order valence-electron chi connectivity index (χ4n) is 2.96. The van der Waals surface area contributed by atoms with Crippen LogP contribution in [-0.2, 0) is 17.9 Å². The number of benzene rings is 1. The van der Waals surface area contributed by atoms with Gasteiger partial charge in [-0.2, -0.15) is 0 Å². The van der Waals surface area contributed by atoms with Crippen molar-refractivity contribution in [2.45, 2.75) is 32.4 Å². The number of carbonyl (C=O) groups is 1. The van der Waals surface area contributed by atoms with Gasteiger partial charge in [-0.1, -0.05) is 12.1 Å². The molecule has 0 aliphatic carbocycles. The number of carbonyl (C=O) groups excluding carboxylic acids is 1. The molecule has 2 heterocycles. The van der Waals surface area contributed by atoms with Crippen LogP contribution in [0.15, 0.2) is 30.5 Å². The number of pyridine rings is 1. The van der Waals surface area contributed by atoms with Crippen molar-refractivity contribution >= 4 is 17.7 Å². The molecule has 0 saturated carbocycles. The Morgan fingerprint density at radius 3 is 2.73 bits per heavy atom. The summed E-state index contributed by atoms with van der Waals surface area (Å²) >= 11 is 1.55. The summed E-state index contributed by atoms with van der Waals surface area (Å²) in [5, 5.41) is 19.8. The van der Waals surface area contributed by atoms with Gasteiger partial charge >= 0.3 is 0 Å². The van der Waals surface area contributed by atoms with Crippen LogP contribution in [0.1, 0.15) is 34.7 Å². The minimum absolute atomic E-state index is 0.00615. The van der Waals surface area contributed by atoms with E-state index in [0.29, 0.717) is 29.2 Å². The topological polar surface area (TPSA) is 82.9 Å². The third-order valence-corrected chi connectivity index (χ3v) is 5.63. The first-order chi connectivity index (χ1) is 12.5. The number of rotatable bonds is 6. The lowest BCUT2D eigenvalue weighted by Crippen LogP contribution is -2.28. The van der Waals surface area contributed by atoms with Crippen LogP contribution < -0.4 is 4.74 Å². The molecule has 1 aromatic heterocycles. The Labute approximate surface area is 156 Å². The number of aromatic nitrogens is 1. The van der Waals surface area contributed by atoms with Crippen molar-refractivity contribution in [1.82, 2.24) is 9.88 Å². The van der Waals surface area contributed by atoms with E-state index in [1.807, 2.05) is 31.2 Å². The standard InChI is InChI=1S/C19H22N2O4S/c1-3-25-15-6-4-13(5-7-15)19-21(17(23)11-26-19)9-16-14(10-22)8-20-12(2)18(16)24/h4-8,19,22,24H,3,9-11H2,1-2H3. The largest absolute Gasteiger partial charge is 0.506 e. The molecule has 7 heteroatoms. The van der Waals surface area contributed by atoms with Crippen molar-refractivity contribution < 1.29 is 19.7 Å². The van der Waals surface area contributed by atoms with Gasteiger partial charge in [0.2, 0.25) is 5.91 Å². The Morgan fingerprint density at radius 1 is 1.35 bits per heavy atom. The van der Waals surface area contributed by atoms with Crippen molar-refractivity contribution in [1.29, 1.82) is 0 Å². The summed E-state index contributed by atoms with van der Waals surface area (Å²) in [6.07, 6.45) is 1.55. The zero-order valence-corrected chi connectivity index (χ0v) is 15.6. The van der Waals surface area contributed by atoms with Gasteiger partial charge in [0, 0.05) is 17.3 Å². The zero-order chi connectivity index (χ0) is 18.7. The van der Waals surface area contributed by atoms with Gasteiger partial charge in [0.25, 0.3) is 0 Å². The first-order valence-corrected chi connectivity index (χ1v) is 9.51. The minimum atomic E-state index is -0.237. The van der Waals surface area contributed by atoms with E-state index in [1.54, 1.807) is 29.8 Å². The number of hydrogen-bond donors (Lipinski definition) is 2. The van der Waals surface area contributed by atoms with Crippen molar-refractivity contribution in [2.75, 3.05) is 12.4 Å². The van der Waals surface area contributed by atoms with Crippen LogP contribution in [0.3, 0.4) is 0 Å². The predicted molar refractivity (Wildman–Crippen MR) is 99.9 cm³/mol. The molecule has 1 saturated heterocycles. The van der Waals surface area contributed by atoms with Gasteiger partial charge in [-0.3, -0.25) is 9.78 Å². The molecule has 0 spiro atoms. The monoisotopic (exact) mass is 374 g/mol. The van der Waals surface area contributed by atoms with Crippen LogP contribution in [0.4, 0.5) is 0 Å². The average molecular weight is 374 g/mol. The second-order valence-corrected chi connectivity index (χ2v) is 7.11. The number of nitrogens with zero attached hydrogens (tertiary/aromatic N) is 2. The number of aryl methyl sites for hydroxylation is 1. The summed E-state index contributed by atoms with van der Waals surface area (Å²) in [7, 11) is 0. The van der Waals surface area contributed by atoms with Crippen molar-refractivity contribution in [3.05, 3.63) is 52.8 Å². The smallest absolute Gasteiger partial charge is 0.234 e. The summed E-state index contributed by atoms with van der Waals surface area (Å²) in [5.74, 6) is 1.22. The first-order valence-electron chi connectivity index (χ1n) is 8.46. The lowest BCUT2D eigenvalue weighted by molar-refractivity contribution is -0.128. The van der Waals surface area contributed by atoms with E-state index in [4.69, 9.17) is 4.74 Å². The van der Waals surface area contributed by atoms with E-state index in [0.717, 1.165) is 11.3 Å². The number of amides is 1. The van der Waals surface area contributed by atoms with E-state index in [2.05, 4.69) is 4.98 Å². The number of thioether (sulfide) groups is 1. The predicted octanol–water partition coefficient (Wildman–Crippen LogP) is 2.76. The number of aromatic hydroxyl groups is 1. The van der Waals surface area contributed by atoms with Crippen LogP contribution in [-0.4, -0.2) is 38.4 Å². The van der Waals surface area contributed by atoms with Crippen LogP contribution in [0, 0.1) is 6.92 Å². The molecule has 2 aromatic rings. The lowest BCUT2D eigenvalue weighted by Gasteiger charge is -2.26. The molecule has 1 aliphatic heterocycles. The van der Waals surface area contributed by atoms with Crippen LogP contribution in [0.2, 0.25) is 0 Å². The molecule has 26 heavy (non-hydrogen) atoms. The fraction of sp³-hybridized carbons (Fsp3) is 0.368. The van der Waals surface area contributed by atoms with Gasteiger partial charge in [0.05, 0.1) is 31.2 Å². The van der Waals surface area contributed by atoms with E-state index in [-0.39, 0.29) is 30.2 Å². The summed E-state index contributed by atoms with van der Waals surface area (Å²) in [6.45, 7) is 4.23. The van der Waals surface area contributed by atoms with Crippen molar-refractivity contribution in [3.8, 4) is 11.5 Å². The third-order valence-electron chi connectivity index (χ3n) is 4.37. The second kappa shape index (κ2) is 7.97. The lowest BCUT2D eigenvalue weighted by atomic mass is 10.1. The van der Waals surface area contributed by atoms with Gasteiger partial charge in [0.15, 0.2) is 0 Å². The second-order valence-electron chi connectivity index (χ2n) is 6.04. The minimum Gasteiger partial charge on any atom is -0.506 e. The zero-order valence-electron chi connectivity index (χ0n) is 14.8. The Hall–Kier alpha value is -2.25. The molecule has 0 radical (unpaired) electrons. The third kappa shape index (κ3) is 3.64. The quantitative estimate of drug-likeness (QED) is 0.809. The Balaban J connectivity index is 1.88. The highest BCUT2D eigenvalue weighted by Gasteiger charge is 2.34. The molecule has 3 rings (SSSR count). The highest BCUT2D eigenvalue weighted by Crippen LogP contribution is 2.41. The van der Waals surface area contributed by atoms with Gasteiger partial charge in [-0.25, -0.2) is 0 Å². The molecular formula is C19H22N2O4S. The fourth-order valence-corrected chi connectivity index (χ4v) is 4.15. The molecule has 6 nitrogen and oxygen atoms in total. The molecule has 1 amide bonds. The van der Waals surface area contributed by atoms with Gasteiger partial charge in [-0.05, 0) is 31.5 Å². The first kappa shape index (κ1) is 18.5. The maximum absolute atomic E-state index is 12.4. The summed E-state index contributed by atoms with van der Waals surface area (Å²) < 4.78 is 5.47. The number of aliphatic hydroxyl groups excluding tert-OH is 1. The molecule has 1 unspecified atom stereocenters. The number of aliphatic hydroxyl groups is 1. The molecule has 2 N–H and O–H groups in total. The van der Waals surface area contributed by atoms with Crippen LogP contribution in [0.25, 0.3) is 0 Å². The molecule has 0 bridgehead atoms. The van der Waals surface area contributed by atoms with Crippen molar-refractivity contribution in [2.24, 2.45) is 0 Å². The Bertz CT molecular complexity index is 795. The van der Waals surface area contributed by atoms with Crippen LogP contribution in [0.5, 0.6) is 11.5 Å². The van der Waals surface area contributed by atoms with E-state index in [9.17, 15) is 15.0 Å². The van der Waals surface area contributed by atoms with E-state index >= 15 is 0 Å². The van der Waals surface area contributed by atoms with Crippen LogP contribution >= 0.6 is 11.8 Å². The van der Waals surface area contributed by atoms with E-state index < -0.39 is 0 Å². The Kier molecular flexibility index (Phi) is 5.68. The maximum atomic E-state index is 12.4. The van der Waals surface area contributed by atoms with E-state index in [1.165, 1.54) is 0 Å². The summed E-state index contributed by atoms with van der Waals surface area (Å²) in [5.41, 5.74) is 2.56. The van der Waals surface area contributed by atoms with Gasteiger partial charge < -0.3 is 19.8 Å². The Morgan fingerprint density at radius 2 is 2.08 bits per heavy atom. The highest BCUT2D eigenvalue weighted by molar-refractivity contribution is 8.00. The SMILES string of the molecule is CCOc1ccc(C2SCC(=O)N2Cc2c(CO)cnc(C)c2O)cc1. The number of hydrogen-bond acceptors (Lipinski definition) is 6. The summed E-state index contributed by atoms with van der Waals surface area (Å²) in [6, 6.07) is 7.71. The molecular weight excluding hydrogens is 352 g/mol.